The van der Waals surface area contributed by atoms with Crippen molar-refractivity contribution in [3.05, 3.63) is 65.1 Å². The van der Waals surface area contributed by atoms with E-state index in [1.165, 1.54) is 11.0 Å². The van der Waals surface area contributed by atoms with Crippen LogP contribution >= 0.6 is 0 Å². The number of carbonyl (C=O) groups excluding carboxylic acids is 3. The lowest BCUT2D eigenvalue weighted by Gasteiger charge is -2.37. The Morgan fingerprint density at radius 2 is 2.11 bits per heavy atom. The highest BCUT2D eigenvalue weighted by Gasteiger charge is 2.39. The molecule has 3 N–H and O–H groups in total. The first-order valence-electron chi connectivity index (χ1n) is 12.7. The lowest BCUT2D eigenvalue weighted by Crippen LogP contribution is -2.50. The Bertz CT molecular complexity index is 1400. The number of aliphatic imine (C=N–C) groups is 1. The summed E-state index contributed by atoms with van der Waals surface area (Å²) in [4.78, 5) is 48.3. The molecule has 1 fully saturated rings. The fourth-order valence-electron chi connectivity index (χ4n) is 5.53. The summed E-state index contributed by atoms with van der Waals surface area (Å²) in [6.45, 7) is 4.52. The van der Waals surface area contributed by atoms with Gasteiger partial charge in [-0.3, -0.25) is 19.4 Å². The minimum Gasteiger partial charge on any atom is -0.496 e. The van der Waals surface area contributed by atoms with Crippen LogP contribution in [-0.2, 0) is 16.0 Å². The number of nitrogens with one attached hydrogen (secondary N) is 3. The molecule has 3 amide bonds. The van der Waals surface area contributed by atoms with Crippen LogP contribution in [0, 0.1) is 11.7 Å². The van der Waals surface area contributed by atoms with E-state index in [2.05, 4.69) is 27.3 Å². The highest BCUT2D eigenvalue weighted by molar-refractivity contribution is 6.02. The largest absolute Gasteiger partial charge is 0.496 e. The highest BCUT2D eigenvalue weighted by Crippen LogP contribution is 2.34. The maximum Gasteiger partial charge on any atom is 0.271 e. The standard InChI is InChI=1S/C28H30FN5O4/c1-30-15-17(13-16-9-11-31-26(16)35)32-27(36)25-19-5-3-6-21(29)18(19)10-12-34(25)28(37)23-14-20-22(33-23)7-4-8-24(20)38-2/h3-8,14,16-17,25,33H,1,9-13,15H2,2H3,(H,31,35)(H,32,36)/t16-,17-,25-/m0/s1. The molecule has 0 saturated carbocycles. The number of hydrogen-bond donors (Lipinski definition) is 3. The summed E-state index contributed by atoms with van der Waals surface area (Å²) in [5.41, 5.74) is 1.89. The number of rotatable bonds is 8. The maximum absolute atomic E-state index is 14.8. The van der Waals surface area contributed by atoms with Crippen molar-refractivity contribution >= 4 is 35.3 Å². The van der Waals surface area contributed by atoms with Gasteiger partial charge in [-0.15, -0.1) is 0 Å². The predicted octanol–water partition coefficient (Wildman–Crippen LogP) is 2.77. The number of fused-ring (bicyclic) bond motifs is 2. The Hall–Kier alpha value is -4.21. The van der Waals surface area contributed by atoms with Gasteiger partial charge in [0.25, 0.3) is 5.91 Å². The molecule has 1 aromatic heterocycles. The second kappa shape index (κ2) is 10.6. The predicted molar refractivity (Wildman–Crippen MR) is 141 cm³/mol. The molecule has 38 heavy (non-hydrogen) atoms. The topological polar surface area (TPSA) is 116 Å². The minimum absolute atomic E-state index is 0.0514. The van der Waals surface area contributed by atoms with Crippen LogP contribution in [0.3, 0.4) is 0 Å². The monoisotopic (exact) mass is 519 g/mol. The van der Waals surface area contributed by atoms with Gasteiger partial charge in [-0.25, -0.2) is 4.39 Å². The normalized spacial score (nSPS) is 19.5. The average Bonchev–Trinajstić information content (AvgIpc) is 3.53. The van der Waals surface area contributed by atoms with Crippen molar-refractivity contribution in [3.63, 3.8) is 0 Å². The van der Waals surface area contributed by atoms with E-state index in [9.17, 15) is 18.8 Å². The van der Waals surface area contributed by atoms with Gasteiger partial charge in [0.2, 0.25) is 11.8 Å². The molecule has 0 spiro atoms. The third-order valence-corrected chi connectivity index (χ3v) is 7.38. The molecule has 198 valence electrons. The van der Waals surface area contributed by atoms with Crippen molar-refractivity contribution in [2.24, 2.45) is 10.9 Å². The van der Waals surface area contributed by atoms with E-state index in [1.807, 2.05) is 12.1 Å². The van der Waals surface area contributed by atoms with Crippen LogP contribution in [0.15, 0.2) is 47.5 Å². The van der Waals surface area contributed by atoms with Crippen molar-refractivity contribution in [2.75, 3.05) is 26.7 Å². The Morgan fingerprint density at radius 3 is 2.84 bits per heavy atom. The van der Waals surface area contributed by atoms with E-state index in [0.29, 0.717) is 42.0 Å². The highest BCUT2D eigenvalue weighted by atomic mass is 19.1. The molecule has 0 bridgehead atoms. The second-order valence-electron chi connectivity index (χ2n) is 9.69. The van der Waals surface area contributed by atoms with Crippen LogP contribution in [0.1, 0.15) is 40.5 Å². The first-order valence-corrected chi connectivity index (χ1v) is 12.7. The Morgan fingerprint density at radius 1 is 1.29 bits per heavy atom. The molecule has 5 rings (SSSR count). The molecular weight excluding hydrogens is 489 g/mol. The fraction of sp³-hybridized carbons (Fsp3) is 0.357. The molecule has 0 radical (unpaired) electrons. The zero-order chi connectivity index (χ0) is 26.8. The maximum atomic E-state index is 14.8. The molecule has 3 atom stereocenters. The molecule has 10 heteroatoms. The van der Waals surface area contributed by atoms with Crippen LogP contribution in [-0.4, -0.2) is 67.1 Å². The van der Waals surface area contributed by atoms with E-state index < -0.39 is 23.8 Å². The van der Waals surface area contributed by atoms with Crippen LogP contribution in [0.25, 0.3) is 10.9 Å². The van der Waals surface area contributed by atoms with Crippen molar-refractivity contribution in [2.45, 2.75) is 31.3 Å². The van der Waals surface area contributed by atoms with Gasteiger partial charge in [0, 0.05) is 36.0 Å². The van der Waals surface area contributed by atoms with E-state index >= 15 is 0 Å². The number of methoxy groups -OCH3 is 1. The summed E-state index contributed by atoms with van der Waals surface area (Å²) < 4.78 is 20.2. The van der Waals surface area contributed by atoms with Crippen LogP contribution in [0.5, 0.6) is 5.75 Å². The number of H-pyrrole nitrogens is 1. The Labute approximate surface area is 219 Å². The summed E-state index contributed by atoms with van der Waals surface area (Å²) >= 11 is 0. The van der Waals surface area contributed by atoms with Gasteiger partial charge < -0.3 is 25.3 Å². The van der Waals surface area contributed by atoms with Gasteiger partial charge in [-0.05, 0) is 61.4 Å². The quantitative estimate of drug-likeness (QED) is 0.397. The number of carbonyl (C=O) groups is 3. The molecule has 2 aliphatic heterocycles. The van der Waals surface area contributed by atoms with Gasteiger partial charge in [-0.2, -0.15) is 0 Å². The van der Waals surface area contributed by atoms with Crippen molar-refractivity contribution in [3.8, 4) is 5.75 Å². The Balaban J connectivity index is 1.47. The molecule has 0 aliphatic carbocycles. The van der Waals surface area contributed by atoms with Gasteiger partial charge in [0.15, 0.2) is 0 Å². The number of aromatic nitrogens is 1. The lowest BCUT2D eigenvalue weighted by molar-refractivity contribution is -0.128. The number of hydrogen-bond acceptors (Lipinski definition) is 5. The van der Waals surface area contributed by atoms with Crippen molar-refractivity contribution in [1.82, 2.24) is 20.5 Å². The molecule has 9 nitrogen and oxygen atoms in total. The average molecular weight is 520 g/mol. The fourth-order valence-corrected chi connectivity index (χ4v) is 5.53. The third-order valence-electron chi connectivity index (χ3n) is 7.38. The second-order valence-corrected chi connectivity index (χ2v) is 9.69. The lowest BCUT2D eigenvalue weighted by atomic mass is 9.90. The Kier molecular flexibility index (Phi) is 7.13. The van der Waals surface area contributed by atoms with E-state index in [0.717, 1.165) is 10.9 Å². The van der Waals surface area contributed by atoms with E-state index in [-0.39, 0.29) is 37.2 Å². The first-order chi connectivity index (χ1) is 18.4. The molecule has 2 aromatic carbocycles. The van der Waals surface area contributed by atoms with E-state index in [1.54, 1.807) is 31.4 Å². The summed E-state index contributed by atoms with van der Waals surface area (Å²) in [6, 6.07) is 10.2. The SMILES string of the molecule is C=NC[C@H](C[C@@H]1CCNC1=O)NC(=O)[C@@H]1c2cccc(F)c2CCN1C(=O)c1cc2c(OC)cccc2[nH]1. The van der Waals surface area contributed by atoms with Gasteiger partial charge in [0.1, 0.15) is 23.3 Å². The summed E-state index contributed by atoms with van der Waals surface area (Å²) in [6.07, 6.45) is 1.35. The molecular formula is C28H30FN5O4. The van der Waals surface area contributed by atoms with Crippen molar-refractivity contribution in [1.29, 1.82) is 0 Å². The van der Waals surface area contributed by atoms with Crippen molar-refractivity contribution < 1.29 is 23.5 Å². The third kappa shape index (κ3) is 4.73. The zero-order valence-corrected chi connectivity index (χ0v) is 21.1. The number of amides is 3. The molecule has 0 unspecified atom stereocenters. The number of benzene rings is 2. The number of halogens is 1. The first kappa shape index (κ1) is 25.4. The molecule has 1 saturated heterocycles. The van der Waals surface area contributed by atoms with Gasteiger partial charge in [-0.1, -0.05) is 18.2 Å². The van der Waals surface area contributed by atoms with Crippen LogP contribution < -0.4 is 15.4 Å². The molecule has 3 heterocycles. The number of ether oxygens (including phenoxy) is 1. The zero-order valence-electron chi connectivity index (χ0n) is 21.1. The van der Waals surface area contributed by atoms with Gasteiger partial charge >= 0.3 is 0 Å². The van der Waals surface area contributed by atoms with E-state index in [4.69, 9.17) is 4.74 Å². The smallest absolute Gasteiger partial charge is 0.271 e. The number of aromatic amines is 1. The molecule has 2 aliphatic rings. The van der Waals surface area contributed by atoms with Gasteiger partial charge in [0.05, 0.1) is 13.7 Å². The van der Waals surface area contributed by atoms with Crippen LogP contribution in [0.4, 0.5) is 4.39 Å². The number of nitrogens with zero attached hydrogens (tertiary/aromatic N) is 2. The summed E-state index contributed by atoms with van der Waals surface area (Å²) in [5.74, 6) is -0.914. The summed E-state index contributed by atoms with van der Waals surface area (Å²) in [7, 11) is 1.56. The minimum atomic E-state index is -1.06. The van der Waals surface area contributed by atoms with Crippen LogP contribution in [0.2, 0.25) is 0 Å². The summed E-state index contributed by atoms with van der Waals surface area (Å²) in [5, 5.41) is 6.53. The molecule has 3 aromatic rings.